The summed E-state index contributed by atoms with van der Waals surface area (Å²) in [5.74, 6) is -4.59. The van der Waals surface area contributed by atoms with Gasteiger partial charge in [0.2, 0.25) is 9.84 Å². The summed E-state index contributed by atoms with van der Waals surface area (Å²) in [6.07, 6.45) is 0.315. The van der Waals surface area contributed by atoms with Crippen LogP contribution in [-0.4, -0.2) is 42.4 Å². The number of hydrogen-bond donors (Lipinski definition) is 2. The third-order valence-corrected chi connectivity index (χ3v) is 4.92. The summed E-state index contributed by atoms with van der Waals surface area (Å²) in [6, 6.07) is 9.00. The molecule has 2 aromatic rings. The van der Waals surface area contributed by atoms with Crippen molar-refractivity contribution in [2.24, 2.45) is 0 Å². The Kier molecular flexibility index (Phi) is 6.22. The average Bonchev–Trinajstić information content (AvgIpc) is 2.61. The summed E-state index contributed by atoms with van der Waals surface area (Å²) in [5, 5.41) is 12.2. The number of pyridine rings is 1. The third kappa shape index (κ3) is 4.52. The fourth-order valence-electron chi connectivity index (χ4n) is 2.21. The van der Waals surface area contributed by atoms with E-state index >= 15 is 0 Å². The molecule has 1 aromatic carbocycles. The molecule has 1 amide bonds. The monoisotopic (exact) mass is 386 g/mol. The first-order valence-corrected chi connectivity index (χ1v) is 9.01. The van der Waals surface area contributed by atoms with Gasteiger partial charge in [0, 0.05) is 18.8 Å². The molecule has 0 saturated carbocycles. The number of nitrogens with one attached hydrogen (secondary N) is 1. The predicted octanol–water partition coefficient (Wildman–Crippen LogP) is 0.635. The zero-order chi connectivity index (χ0) is 19.3. The van der Waals surface area contributed by atoms with E-state index in [9.17, 15) is 31.9 Å². The lowest BCUT2D eigenvalue weighted by atomic mass is 10.2. The highest BCUT2D eigenvalue weighted by Crippen LogP contribution is 2.22. The maximum Gasteiger partial charge on any atom is 0.341 e. The van der Waals surface area contributed by atoms with E-state index in [0.29, 0.717) is 0 Å². The van der Waals surface area contributed by atoms with Gasteiger partial charge in [-0.15, -0.1) is 0 Å². The molecule has 0 spiro atoms. The number of carbonyl (C=O) groups is 1. The highest BCUT2D eigenvalue weighted by Gasteiger charge is 2.30. The minimum absolute atomic E-state index is 0.100. The van der Waals surface area contributed by atoms with Gasteiger partial charge in [-0.1, -0.05) is 18.2 Å². The van der Waals surface area contributed by atoms with Crippen LogP contribution in [0.3, 0.4) is 0 Å². The number of alkyl halides is 2. The maximum atomic E-state index is 12.7. The minimum Gasteiger partial charge on any atom is -0.389 e. The first kappa shape index (κ1) is 19.7. The quantitative estimate of drug-likeness (QED) is 0.726. The normalized spacial score (nSPS) is 12.8. The van der Waals surface area contributed by atoms with Crippen LogP contribution in [0.2, 0.25) is 0 Å². The van der Waals surface area contributed by atoms with Crippen molar-refractivity contribution in [2.75, 3.05) is 6.54 Å². The summed E-state index contributed by atoms with van der Waals surface area (Å²) >= 11 is 0. The van der Waals surface area contributed by atoms with Crippen LogP contribution in [0.5, 0.6) is 0 Å². The molecule has 0 aliphatic heterocycles. The Hall–Kier alpha value is -2.59. The summed E-state index contributed by atoms with van der Waals surface area (Å²) in [4.78, 5) is 22.9. The molecule has 1 aromatic heterocycles. The van der Waals surface area contributed by atoms with E-state index < -0.39 is 38.1 Å². The van der Waals surface area contributed by atoms with Gasteiger partial charge in [-0.25, -0.2) is 8.42 Å². The molecule has 140 valence electrons. The fourth-order valence-corrected chi connectivity index (χ4v) is 3.13. The van der Waals surface area contributed by atoms with Gasteiger partial charge in [0.25, 0.3) is 11.5 Å². The molecule has 1 atom stereocenters. The van der Waals surface area contributed by atoms with Crippen LogP contribution >= 0.6 is 0 Å². The molecule has 0 saturated heterocycles. The van der Waals surface area contributed by atoms with Gasteiger partial charge < -0.3 is 15.0 Å². The number of sulfone groups is 1. The molecule has 0 radical (unpaired) electrons. The Balaban J connectivity index is 2.09. The maximum absolute atomic E-state index is 12.7. The van der Waals surface area contributed by atoms with Crippen molar-refractivity contribution in [2.45, 2.75) is 23.3 Å². The number of halogens is 2. The van der Waals surface area contributed by atoms with Gasteiger partial charge in [0.15, 0.2) is 0 Å². The van der Waals surface area contributed by atoms with E-state index in [-0.39, 0.29) is 18.6 Å². The van der Waals surface area contributed by atoms with Crippen LogP contribution in [0, 0.1) is 0 Å². The lowest BCUT2D eigenvalue weighted by molar-refractivity contribution is 0.0900. The SMILES string of the molecule is O=C(NCC(O)Cn1ccccc1=O)c1ccccc1S(=O)(=O)C(F)F. The molecule has 2 N–H and O–H groups in total. The Bertz CT molecular complexity index is 943. The molecule has 0 fully saturated rings. The number of hydrogen-bond acceptors (Lipinski definition) is 5. The summed E-state index contributed by atoms with van der Waals surface area (Å²) in [5.41, 5.74) is -0.789. The van der Waals surface area contributed by atoms with Crippen LogP contribution in [0.1, 0.15) is 10.4 Å². The molecule has 1 heterocycles. The minimum atomic E-state index is -4.95. The van der Waals surface area contributed by atoms with Gasteiger partial charge in [-0.3, -0.25) is 9.59 Å². The molecule has 10 heteroatoms. The van der Waals surface area contributed by atoms with E-state index in [4.69, 9.17) is 0 Å². The second kappa shape index (κ2) is 8.19. The number of aliphatic hydroxyl groups is 1. The first-order valence-electron chi connectivity index (χ1n) is 7.46. The zero-order valence-corrected chi connectivity index (χ0v) is 14.2. The van der Waals surface area contributed by atoms with Crippen molar-refractivity contribution in [3.05, 3.63) is 64.6 Å². The summed E-state index contributed by atoms with van der Waals surface area (Å²) in [6.45, 7) is -0.403. The summed E-state index contributed by atoms with van der Waals surface area (Å²) < 4.78 is 50.0. The average molecular weight is 386 g/mol. The summed E-state index contributed by atoms with van der Waals surface area (Å²) in [7, 11) is -4.95. The molecule has 0 aliphatic carbocycles. The Morgan fingerprint density at radius 1 is 1.15 bits per heavy atom. The van der Waals surface area contributed by atoms with E-state index in [1.807, 2.05) is 0 Å². The highest BCUT2D eigenvalue weighted by molar-refractivity contribution is 7.91. The van der Waals surface area contributed by atoms with E-state index in [2.05, 4.69) is 5.32 Å². The van der Waals surface area contributed by atoms with Crippen molar-refractivity contribution in [1.82, 2.24) is 9.88 Å². The van der Waals surface area contributed by atoms with Crippen molar-refractivity contribution in [3.63, 3.8) is 0 Å². The van der Waals surface area contributed by atoms with E-state index in [1.54, 1.807) is 6.07 Å². The zero-order valence-electron chi connectivity index (χ0n) is 13.4. The smallest absolute Gasteiger partial charge is 0.341 e. The molecular weight excluding hydrogens is 370 g/mol. The number of aliphatic hydroxyl groups excluding tert-OH is 1. The highest BCUT2D eigenvalue weighted by atomic mass is 32.2. The van der Waals surface area contributed by atoms with Gasteiger partial charge >= 0.3 is 5.76 Å². The fraction of sp³-hybridized carbons (Fsp3) is 0.250. The molecular formula is C16H16F2N2O5S. The Morgan fingerprint density at radius 2 is 1.81 bits per heavy atom. The largest absolute Gasteiger partial charge is 0.389 e. The van der Waals surface area contributed by atoms with E-state index in [1.165, 1.54) is 35.0 Å². The number of nitrogens with zero attached hydrogens (tertiary/aromatic N) is 1. The van der Waals surface area contributed by atoms with Crippen LogP contribution < -0.4 is 10.9 Å². The predicted molar refractivity (Wildman–Crippen MR) is 88.7 cm³/mol. The lowest BCUT2D eigenvalue weighted by Gasteiger charge is -2.14. The van der Waals surface area contributed by atoms with Crippen molar-refractivity contribution in [1.29, 1.82) is 0 Å². The van der Waals surface area contributed by atoms with Gasteiger partial charge in [-0.05, 0) is 18.2 Å². The lowest BCUT2D eigenvalue weighted by Crippen LogP contribution is -2.37. The van der Waals surface area contributed by atoms with Gasteiger partial charge in [0.05, 0.1) is 23.1 Å². The molecule has 0 aliphatic rings. The van der Waals surface area contributed by atoms with Gasteiger partial charge in [-0.2, -0.15) is 8.78 Å². The van der Waals surface area contributed by atoms with Gasteiger partial charge in [0.1, 0.15) is 0 Å². The first-order chi connectivity index (χ1) is 12.2. The van der Waals surface area contributed by atoms with Crippen LogP contribution in [0.15, 0.2) is 58.4 Å². The number of rotatable bonds is 7. The number of aromatic nitrogens is 1. The van der Waals surface area contributed by atoms with Crippen LogP contribution in [0.4, 0.5) is 8.78 Å². The van der Waals surface area contributed by atoms with Crippen molar-refractivity contribution < 1.29 is 27.1 Å². The van der Waals surface area contributed by atoms with Crippen LogP contribution in [-0.2, 0) is 16.4 Å². The molecule has 26 heavy (non-hydrogen) atoms. The van der Waals surface area contributed by atoms with Crippen molar-refractivity contribution >= 4 is 15.7 Å². The Morgan fingerprint density at radius 3 is 2.46 bits per heavy atom. The molecule has 1 unspecified atom stereocenters. The molecule has 0 bridgehead atoms. The third-order valence-electron chi connectivity index (χ3n) is 3.48. The standard InChI is InChI=1S/C16H16F2N2O5S/c17-16(18)26(24,25)13-6-2-1-5-12(13)15(23)19-9-11(21)10-20-8-4-3-7-14(20)22/h1-8,11,16,21H,9-10H2,(H,19,23). The number of carbonyl (C=O) groups excluding carboxylic acids is 1. The van der Waals surface area contributed by atoms with Crippen molar-refractivity contribution in [3.8, 4) is 0 Å². The van der Waals surface area contributed by atoms with E-state index in [0.717, 1.165) is 12.1 Å². The van der Waals surface area contributed by atoms with Crippen LogP contribution in [0.25, 0.3) is 0 Å². The second-order valence-electron chi connectivity index (χ2n) is 5.36. The number of benzene rings is 1. The molecule has 2 rings (SSSR count). The molecule has 7 nitrogen and oxygen atoms in total. The number of amides is 1. The Labute approximate surface area is 147 Å². The second-order valence-corrected chi connectivity index (χ2v) is 7.24. The topological polar surface area (TPSA) is 105 Å².